The first-order valence-corrected chi connectivity index (χ1v) is 4.91. The molecule has 0 saturated carbocycles. The van der Waals surface area contributed by atoms with Crippen LogP contribution in [0.4, 0.5) is 0 Å². The summed E-state index contributed by atoms with van der Waals surface area (Å²) in [6.45, 7) is 4.63. The van der Waals surface area contributed by atoms with Crippen molar-refractivity contribution < 1.29 is 4.79 Å². The van der Waals surface area contributed by atoms with Crippen LogP contribution in [0.15, 0.2) is 11.8 Å². The van der Waals surface area contributed by atoms with Gasteiger partial charge in [0, 0.05) is 38.3 Å². The van der Waals surface area contributed by atoms with Crippen LogP contribution in [0.2, 0.25) is 0 Å². The Labute approximate surface area is 87.4 Å². The van der Waals surface area contributed by atoms with Crippen molar-refractivity contribution in [3.05, 3.63) is 11.8 Å². The summed E-state index contributed by atoms with van der Waals surface area (Å²) in [5.41, 5.74) is 1.05. The summed E-state index contributed by atoms with van der Waals surface area (Å²) < 4.78 is 0. The monoisotopic (exact) mass is 198 g/mol. The molecule has 0 aromatic carbocycles. The van der Waals surface area contributed by atoms with Crippen molar-refractivity contribution in [2.45, 2.75) is 13.8 Å². The van der Waals surface area contributed by atoms with Crippen LogP contribution in [0.1, 0.15) is 13.8 Å². The minimum absolute atomic E-state index is 0.0760. The van der Waals surface area contributed by atoms with Crippen LogP contribution in [-0.4, -0.2) is 50.3 Å². The van der Waals surface area contributed by atoms with Crippen molar-refractivity contribution in [3.8, 4) is 0 Å². The fourth-order valence-corrected chi connectivity index (χ4v) is 0.971. The second-order valence-electron chi connectivity index (χ2n) is 4.32. The molecule has 3 heteroatoms. The molecule has 14 heavy (non-hydrogen) atoms. The number of carbonyl (C=O) groups excluding carboxylic acids is 1. The first kappa shape index (κ1) is 13.2. The first-order chi connectivity index (χ1) is 6.34. The summed E-state index contributed by atoms with van der Waals surface area (Å²) in [7, 11) is 7.92. The largest absolute Gasteiger partial charge is 0.380 e. The van der Waals surface area contributed by atoms with Gasteiger partial charge in [-0.25, -0.2) is 0 Å². The van der Waals surface area contributed by atoms with Gasteiger partial charge < -0.3 is 9.80 Å². The van der Waals surface area contributed by atoms with Crippen molar-refractivity contribution in [2.75, 3.05) is 34.7 Å². The molecule has 82 valence electrons. The van der Waals surface area contributed by atoms with E-state index in [0.29, 0.717) is 0 Å². The van der Waals surface area contributed by atoms with Crippen molar-refractivity contribution in [1.29, 1.82) is 0 Å². The fourth-order valence-electron chi connectivity index (χ4n) is 0.971. The zero-order valence-corrected chi connectivity index (χ0v) is 10.2. The summed E-state index contributed by atoms with van der Waals surface area (Å²) in [5, 5.41) is 0. The predicted molar refractivity (Wildman–Crippen MR) is 60.2 cm³/mol. The van der Waals surface area contributed by atoms with E-state index in [1.54, 1.807) is 6.08 Å². The minimum atomic E-state index is 0.0760. The maximum atomic E-state index is 11.5. The summed E-state index contributed by atoms with van der Waals surface area (Å²) in [6, 6.07) is 0. The van der Waals surface area contributed by atoms with Crippen LogP contribution >= 0.6 is 0 Å². The molecule has 0 aliphatic carbocycles. The summed E-state index contributed by atoms with van der Waals surface area (Å²) in [6.07, 6.45) is 1.74. The van der Waals surface area contributed by atoms with Gasteiger partial charge in [-0.15, -0.1) is 0 Å². The number of carbonyl (C=O) groups is 1. The Kier molecular flexibility index (Phi) is 5.46. The second-order valence-corrected chi connectivity index (χ2v) is 4.32. The van der Waals surface area contributed by atoms with E-state index in [9.17, 15) is 4.79 Å². The van der Waals surface area contributed by atoms with E-state index in [1.807, 2.05) is 46.9 Å². The number of allylic oxidation sites excluding steroid dienone is 1. The van der Waals surface area contributed by atoms with Crippen LogP contribution < -0.4 is 0 Å². The third-order valence-corrected chi connectivity index (χ3v) is 1.93. The highest BCUT2D eigenvalue weighted by atomic mass is 16.1. The molecule has 0 aromatic rings. The quantitative estimate of drug-likeness (QED) is 0.621. The van der Waals surface area contributed by atoms with Crippen LogP contribution in [0.3, 0.4) is 0 Å². The molecular formula is C11H22N2O. The highest BCUT2D eigenvalue weighted by Crippen LogP contribution is 2.04. The SMILES string of the molecule is CC(C)C(=O)/C=C(\CN(C)C)N(C)C. The zero-order chi connectivity index (χ0) is 11.3. The van der Waals surface area contributed by atoms with E-state index in [1.165, 1.54) is 0 Å². The smallest absolute Gasteiger partial charge is 0.159 e. The van der Waals surface area contributed by atoms with Gasteiger partial charge in [0.25, 0.3) is 0 Å². The van der Waals surface area contributed by atoms with Gasteiger partial charge in [-0.3, -0.25) is 4.79 Å². The minimum Gasteiger partial charge on any atom is -0.380 e. The number of hydrogen-bond acceptors (Lipinski definition) is 3. The number of nitrogens with zero attached hydrogens (tertiary/aromatic N) is 2. The number of rotatable bonds is 5. The van der Waals surface area contributed by atoms with Crippen molar-refractivity contribution >= 4 is 5.78 Å². The van der Waals surface area contributed by atoms with Crippen molar-refractivity contribution in [3.63, 3.8) is 0 Å². The first-order valence-electron chi connectivity index (χ1n) is 4.91. The van der Waals surface area contributed by atoms with Gasteiger partial charge in [0.1, 0.15) is 0 Å². The lowest BCUT2D eigenvalue weighted by Gasteiger charge is -2.21. The van der Waals surface area contributed by atoms with Gasteiger partial charge in [-0.05, 0) is 14.1 Å². The van der Waals surface area contributed by atoms with Gasteiger partial charge >= 0.3 is 0 Å². The Hall–Kier alpha value is -0.830. The molecule has 0 fully saturated rings. The second kappa shape index (κ2) is 5.81. The Morgan fingerprint density at radius 3 is 2.00 bits per heavy atom. The molecule has 3 nitrogen and oxygen atoms in total. The molecule has 0 rings (SSSR count). The predicted octanol–water partition coefficient (Wildman–Crippen LogP) is 1.22. The molecule has 0 spiro atoms. The Balaban J connectivity index is 4.56. The molecular weight excluding hydrogens is 176 g/mol. The van der Waals surface area contributed by atoms with Gasteiger partial charge in [-0.1, -0.05) is 13.8 Å². The lowest BCUT2D eigenvalue weighted by Crippen LogP contribution is -2.25. The summed E-state index contributed by atoms with van der Waals surface area (Å²) in [4.78, 5) is 15.6. The topological polar surface area (TPSA) is 23.6 Å². The molecule has 0 unspecified atom stereocenters. The highest BCUT2D eigenvalue weighted by molar-refractivity contribution is 5.91. The van der Waals surface area contributed by atoms with Gasteiger partial charge in [0.15, 0.2) is 5.78 Å². The molecule has 0 atom stereocenters. The Bertz CT molecular complexity index is 217. The summed E-state index contributed by atoms with van der Waals surface area (Å²) in [5.74, 6) is 0.266. The number of likely N-dealkylation sites (N-methyl/N-ethyl adjacent to an activating group) is 2. The van der Waals surface area contributed by atoms with Gasteiger partial charge in [-0.2, -0.15) is 0 Å². The lowest BCUT2D eigenvalue weighted by atomic mass is 10.1. The van der Waals surface area contributed by atoms with E-state index < -0.39 is 0 Å². The highest BCUT2D eigenvalue weighted by Gasteiger charge is 2.08. The molecule has 0 radical (unpaired) electrons. The average Bonchev–Trinajstić information content (AvgIpc) is 2.01. The molecule has 0 bridgehead atoms. The number of ketones is 1. The molecule has 0 heterocycles. The fraction of sp³-hybridized carbons (Fsp3) is 0.727. The lowest BCUT2D eigenvalue weighted by molar-refractivity contribution is -0.117. The van der Waals surface area contributed by atoms with Crippen LogP contribution in [0.5, 0.6) is 0 Å². The molecule has 0 aliphatic heterocycles. The van der Waals surface area contributed by atoms with E-state index >= 15 is 0 Å². The van der Waals surface area contributed by atoms with Crippen molar-refractivity contribution in [1.82, 2.24) is 9.80 Å². The Morgan fingerprint density at radius 1 is 1.21 bits per heavy atom. The van der Waals surface area contributed by atoms with Crippen LogP contribution in [-0.2, 0) is 4.79 Å². The molecule has 0 aliphatic rings. The van der Waals surface area contributed by atoms with Crippen LogP contribution in [0.25, 0.3) is 0 Å². The third kappa shape index (κ3) is 5.02. The molecule has 0 aromatic heterocycles. The zero-order valence-electron chi connectivity index (χ0n) is 10.2. The van der Waals surface area contributed by atoms with Gasteiger partial charge in [0.05, 0.1) is 0 Å². The molecule has 0 saturated heterocycles. The Morgan fingerprint density at radius 2 is 1.71 bits per heavy atom. The van der Waals surface area contributed by atoms with Crippen molar-refractivity contribution in [2.24, 2.45) is 5.92 Å². The molecule has 0 N–H and O–H groups in total. The average molecular weight is 198 g/mol. The normalized spacial score (nSPS) is 12.4. The van der Waals surface area contributed by atoms with E-state index in [4.69, 9.17) is 0 Å². The molecule has 0 amide bonds. The van der Waals surface area contributed by atoms with Gasteiger partial charge in [0.2, 0.25) is 0 Å². The number of hydrogen-bond donors (Lipinski definition) is 0. The van der Waals surface area contributed by atoms with Crippen LogP contribution in [0, 0.1) is 5.92 Å². The van der Waals surface area contributed by atoms with E-state index in [0.717, 1.165) is 12.2 Å². The summed E-state index contributed by atoms with van der Waals surface area (Å²) >= 11 is 0. The standard InChI is InChI=1S/C11H22N2O/c1-9(2)11(14)7-10(13(5)6)8-12(3)4/h7,9H,8H2,1-6H3/b10-7+. The van der Waals surface area contributed by atoms with E-state index in [2.05, 4.69) is 4.90 Å². The maximum absolute atomic E-state index is 11.5. The van der Waals surface area contributed by atoms with E-state index in [-0.39, 0.29) is 11.7 Å². The maximum Gasteiger partial charge on any atom is 0.159 e. The third-order valence-electron chi connectivity index (χ3n) is 1.93.